The van der Waals surface area contributed by atoms with E-state index in [0.29, 0.717) is 18.7 Å². The highest BCUT2D eigenvalue weighted by Gasteiger charge is 2.27. The fourth-order valence-electron chi connectivity index (χ4n) is 2.72. The third kappa shape index (κ3) is 3.25. The topological polar surface area (TPSA) is 49.5 Å². The van der Waals surface area contributed by atoms with E-state index in [-0.39, 0.29) is 11.9 Å². The van der Waals surface area contributed by atoms with Gasteiger partial charge in [0.25, 0.3) is 0 Å². The molecule has 1 aromatic rings. The maximum absolute atomic E-state index is 14.2. The Labute approximate surface area is 114 Å². The van der Waals surface area contributed by atoms with Crippen molar-refractivity contribution in [2.75, 3.05) is 18.0 Å². The summed E-state index contributed by atoms with van der Waals surface area (Å²) in [7, 11) is 0. The van der Waals surface area contributed by atoms with Crippen molar-refractivity contribution in [1.82, 2.24) is 0 Å². The summed E-state index contributed by atoms with van der Waals surface area (Å²) in [5, 5.41) is 10.1. The molecule has 0 spiro atoms. The lowest BCUT2D eigenvalue weighted by molar-refractivity contribution is 0.0481. The molecule has 1 aromatic carbocycles. The minimum Gasteiger partial charge on any atom is -0.390 e. The van der Waals surface area contributed by atoms with E-state index in [1.54, 1.807) is 6.07 Å². The van der Waals surface area contributed by atoms with E-state index in [1.165, 1.54) is 6.07 Å². The van der Waals surface area contributed by atoms with E-state index in [9.17, 15) is 9.50 Å². The molecule has 0 radical (unpaired) electrons. The summed E-state index contributed by atoms with van der Waals surface area (Å²) >= 11 is 0. The highest BCUT2D eigenvalue weighted by molar-refractivity contribution is 5.56. The maximum Gasteiger partial charge on any atom is 0.146 e. The second-order valence-corrected chi connectivity index (χ2v) is 5.80. The molecule has 2 rings (SSSR count). The molecule has 106 valence electrons. The van der Waals surface area contributed by atoms with Crippen molar-refractivity contribution >= 4 is 5.69 Å². The first kappa shape index (κ1) is 14.3. The molecule has 19 heavy (non-hydrogen) atoms. The monoisotopic (exact) mass is 266 g/mol. The summed E-state index contributed by atoms with van der Waals surface area (Å²) in [5.74, 6) is -0.226. The summed E-state index contributed by atoms with van der Waals surface area (Å²) in [6.07, 6.45) is 2.27. The van der Waals surface area contributed by atoms with Crippen LogP contribution in [0.1, 0.15) is 44.7 Å². The number of aliphatic hydroxyl groups is 1. The van der Waals surface area contributed by atoms with Crippen molar-refractivity contribution in [2.45, 2.75) is 44.8 Å². The second kappa shape index (κ2) is 5.47. The number of rotatable bonds is 2. The quantitative estimate of drug-likeness (QED) is 0.865. The number of hydrogen-bond donors (Lipinski definition) is 2. The molecule has 1 aliphatic heterocycles. The maximum atomic E-state index is 14.2. The van der Waals surface area contributed by atoms with Crippen molar-refractivity contribution < 1.29 is 9.50 Å². The fourth-order valence-corrected chi connectivity index (χ4v) is 2.72. The number of benzene rings is 1. The Morgan fingerprint density at radius 2 is 2.11 bits per heavy atom. The van der Waals surface area contributed by atoms with Crippen LogP contribution in [0.25, 0.3) is 0 Å². The molecular formula is C15H23FN2O. The summed E-state index contributed by atoms with van der Waals surface area (Å²) in [4.78, 5) is 2.02. The minimum atomic E-state index is -0.644. The molecule has 4 heteroatoms. The molecule has 3 N–H and O–H groups in total. The second-order valence-electron chi connectivity index (χ2n) is 5.80. The van der Waals surface area contributed by atoms with Gasteiger partial charge in [-0.1, -0.05) is 12.1 Å². The lowest BCUT2D eigenvalue weighted by Gasteiger charge is -2.28. The third-order valence-electron chi connectivity index (χ3n) is 3.89. The largest absolute Gasteiger partial charge is 0.390 e. The van der Waals surface area contributed by atoms with Gasteiger partial charge >= 0.3 is 0 Å². The van der Waals surface area contributed by atoms with Crippen molar-refractivity contribution in [3.63, 3.8) is 0 Å². The molecule has 0 amide bonds. The van der Waals surface area contributed by atoms with Crippen LogP contribution in [0.5, 0.6) is 0 Å². The molecule has 1 saturated heterocycles. The third-order valence-corrected chi connectivity index (χ3v) is 3.89. The SMILES string of the molecule is CC(N)c1cccc(F)c1N1CCCC(C)(O)CC1. The molecule has 1 fully saturated rings. The highest BCUT2D eigenvalue weighted by atomic mass is 19.1. The summed E-state index contributed by atoms with van der Waals surface area (Å²) in [5.41, 5.74) is 6.74. The van der Waals surface area contributed by atoms with E-state index in [1.807, 2.05) is 24.8 Å². The van der Waals surface area contributed by atoms with E-state index in [0.717, 1.165) is 24.9 Å². The molecule has 0 aromatic heterocycles. The predicted molar refractivity (Wildman–Crippen MR) is 75.7 cm³/mol. The molecule has 0 saturated carbocycles. The van der Waals surface area contributed by atoms with Gasteiger partial charge in [0.15, 0.2) is 0 Å². The van der Waals surface area contributed by atoms with Crippen LogP contribution in [-0.2, 0) is 0 Å². The van der Waals surface area contributed by atoms with Crippen LogP contribution in [0.3, 0.4) is 0 Å². The number of para-hydroxylation sites is 1. The van der Waals surface area contributed by atoms with Gasteiger partial charge < -0.3 is 15.7 Å². The Hall–Kier alpha value is -1.13. The molecule has 2 unspecified atom stereocenters. The van der Waals surface area contributed by atoms with Crippen molar-refractivity contribution in [1.29, 1.82) is 0 Å². The van der Waals surface area contributed by atoms with Crippen LogP contribution in [0.4, 0.5) is 10.1 Å². The Morgan fingerprint density at radius 3 is 2.79 bits per heavy atom. The van der Waals surface area contributed by atoms with Crippen LogP contribution >= 0.6 is 0 Å². The Morgan fingerprint density at radius 1 is 1.37 bits per heavy atom. The number of nitrogens with two attached hydrogens (primary N) is 1. The number of nitrogens with zero attached hydrogens (tertiary/aromatic N) is 1. The average Bonchev–Trinajstić information content (AvgIpc) is 2.50. The molecule has 2 atom stereocenters. The van der Waals surface area contributed by atoms with Gasteiger partial charge in [0.1, 0.15) is 5.82 Å². The average molecular weight is 266 g/mol. The van der Waals surface area contributed by atoms with Crippen molar-refractivity contribution in [3.8, 4) is 0 Å². The first-order valence-corrected chi connectivity index (χ1v) is 6.92. The molecule has 1 heterocycles. The standard InChI is InChI=1S/C15H23FN2O/c1-11(17)12-5-3-6-13(16)14(12)18-9-4-7-15(2,19)8-10-18/h3,5-6,11,19H,4,7-10,17H2,1-2H3. The van der Waals surface area contributed by atoms with E-state index in [4.69, 9.17) is 5.73 Å². The summed E-state index contributed by atoms with van der Waals surface area (Å²) < 4.78 is 14.2. The van der Waals surface area contributed by atoms with Crippen LogP contribution in [0, 0.1) is 5.82 Å². The van der Waals surface area contributed by atoms with Crippen LogP contribution in [0.15, 0.2) is 18.2 Å². The molecule has 0 bridgehead atoms. The predicted octanol–water partition coefficient (Wildman–Crippen LogP) is 2.59. The van der Waals surface area contributed by atoms with Gasteiger partial charge in [0, 0.05) is 19.1 Å². The van der Waals surface area contributed by atoms with Gasteiger partial charge in [0.2, 0.25) is 0 Å². The van der Waals surface area contributed by atoms with Gasteiger partial charge in [-0.15, -0.1) is 0 Å². The van der Waals surface area contributed by atoms with Crippen LogP contribution in [-0.4, -0.2) is 23.8 Å². The summed E-state index contributed by atoms with van der Waals surface area (Å²) in [6.45, 7) is 5.14. The van der Waals surface area contributed by atoms with Crippen LogP contribution in [0.2, 0.25) is 0 Å². The zero-order chi connectivity index (χ0) is 14.0. The van der Waals surface area contributed by atoms with Gasteiger partial charge in [0.05, 0.1) is 11.3 Å². The Kier molecular flexibility index (Phi) is 4.11. The Bertz CT molecular complexity index is 446. The normalized spacial score (nSPS) is 26.1. The summed E-state index contributed by atoms with van der Waals surface area (Å²) in [6, 6.07) is 4.86. The van der Waals surface area contributed by atoms with E-state index in [2.05, 4.69) is 0 Å². The van der Waals surface area contributed by atoms with Gasteiger partial charge in [-0.3, -0.25) is 0 Å². The number of halogens is 1. The lowest BCUT2D eigenvalue weighted by atomic mass is 9.98. The number of hydrogen-bond acceptors (Lipinski definition) is 3. The van der Waals surface area contributed by atoms with E-state index < -0.39 is 5.60 Å². The smallest absolute Gasteiger partial charge is 0.146 e. The minimum absolute atomic E-state index is 0.200. The zero-order valence-electron chi connectivity index (χ0n) is 11.7. The van der Waals surface area contributed by atoms with Gasteiger partial charge in [-0.25, -0.2) is 4.39 Å². The molecule has 3 nitrogen and oxygen atoms in total. The highest BCUT2D eigenvalue weighted by Crippen LogP contribution is 2.32. The molecule has 0 aliphatic carbocycles. The lowest BCUT2D eigenvalue weighted by Crippen LogP contribution is -2.30. The zero-order valence-corrected chi connectivity index (χ0v) is 11.7. The van der Waals surface area contributed by atoms with E-state index >= 15 is 0 Å². The van der Waals surface area contributed by atoms with Crippen molar-refractivity contribution in [2.24, 2.45) is 5.73 Å². The van der Waals surface area contributed by atoms with Crippen LogP contribution < -0.4 is 10.6 Å². The molecular weight excluding hydrogens is 243 g/mol. The molecule has 1 aliphatic rings. The fraction of sp³-hybridized carbons (Fsp3) is 0.600. The van der Waals surface area contributed by atoms with Gasteiger partial charge in [-0.05, 0) is 44.7 Å². The van der Waals surface area contributed by atoms with Gasteiger partial charge in [-0.2, -0.15) is 0 Å². The number of anilines is 1. The first-order chi connectivity index (χ1) is 8.91. The van der Waals surface area contributed by atoms with Crippen molar-refractivity contribution in [3.05, 3.63) is 29.6 Å². The first-order valence-electron chi connectivity index (χ1n) is 6.92. The Balaban J connectivity index is 2.31.